The number of carbonyl (C=O) groups is 1. The Morgan fingerprint density at radius 3 is 2.58 bits per heavy atom. The van der Waals surface area contributed by atoms with Crippen molar-refractivity contribution in [1.82, 2.24) is 4.90 Å². The number of carboxylic acid groups (broad SMARTS) is 1. The average Bonchev–Trinajstić information content (AvgIpc) is 2.78. The third-order valence-corrected chi connectivity index (χ3v) is 6.34. The van der Waals surface area contributed by atoms with E-state index in [9.17, 15) is 14.3 Å². The van der Waals surface area contributed by atoms with E-state index >= 15 is 0 Å². The summed E-state index contributed by atoms with van der Waals surface area (Å²) in [4.78, 5) is 13.9. The zero-order valence-corrected chi connectivity index (χ0v) is 17.9. The number of fused-ring (bicyclic) bond motifs is 1. The predicted octanol–water partition coefficient (Wildman–Crippen LogP) is 4.63. The van der Waals surface area contributed by atoms with E-state index < -0.39 is 5.97 Å². The normalized spacial score (nSPS) is 15.3. The van der Waals surface area contributed by atoms with Crippen LogP contribution in [0.4, 0.5) is 4.39 Å². The van der Waals surface area contributed by atoms with Crippen molar-refractivity contribution in [3.8, 4) is 11.5 Å². The molecule has 2 aliphatic heterocycles. The summed E-state index contributed by atoms with van der Waals surface area (Å²) in [5.41, 5.74) is 2.43. The molecule has 0 radical (unpaired) electrons. The van der Waals surface area contributed by atoms with Gasteiger partial charge in [-0.3, -0.25) is 0 Å². The molecule has 0 atom stereocenters. The number of rotatable bonds is 8. The van der Waals surface area contributed by atoms with Crippen LogP contribution in [0.15, 0.2) is 65.2 Å². The molecule has 0 amide bonds. The number of thioether (sulfide) groups is 1. The monoisotopic (exact) mass is 441 g/mol. The second-order valence-electron chi connectivity index (χ2n) is 7.36. The Kier molecular flexibility index (Phi) is 6.82. The van der Waals surface area contributed by atoms with Crippen molar-refractivity contribution in [3.63, 3.8) is 0 Å². The molecule has 0 saturated heterocycles. The summed E-state index contributed by atoms with van der Waals surface area (Å²) in [6.07, 6.45) is 5.25. The molecule has 0 unspecified atom stereocenters. The molecule has 4 rings (SSSR count). The SMILES string of the molecule is O=C(O)C1=C(SCCCc2ccc(F)cc2)N(Cc2ccc3c(c2)OCCO3)CC=C1. The smallest absolute Gasteiger partial charge is 0.338 e. The van der Waals surface area contributed by atoms with Crippen molar-refractivity contribution in [3.05, 3.63) is 82.2 Å². The number of nitrogens with zero attached hydrogens (tertiary/aromatic N) is 1. The van der Waals surface area contributed by atoms with E-state index in [4.69, 9.17) is 9.47 Å². The van der Waals surface area contributed by atoms with Crippen LogP contribution < -0.4 is 9.47 Å². The molecular weight excluding hydrogens is 417 g/mol. The lowest BCUT2D eigenvalue weighted by Crippen LogP contribution is -2.27. The fourth-order valence-electron chi connectivity index (χ4n) is 3.59. The van der Waals surface area contributed by atoms with Gasteiger partial charge in [-0.15, -0.1) is 11.8 Å². The van der Waals surface area contributed by atoms with Crippen LogP contribution in [0.2, 0.25) is 0 Å². The largest absolute Gasteiger partial charge is 0.486 e. The molecule has 31 heavy (non-hydrogen) atoms. The number of halogens is 1. The summed E-state index contributed by atoms with van der Waals surface area (Å²) < 4.78 is 24.3. The number of hydrogen-bond acceptors (Lipinski definition) is 5. The van der Waals surface area contributed by atoms with E-state index in [0.717, 1.165) is 46.2 Å². The third kappa shape index (κ3) is 5.41. The van der Waals surface area contributed by atoms with E-state index in [0.29, 0.717) is 31.9 Å². The Bertz CT molecular complexity index is 1000. The van der Waals surface area contributed by atoms with E-state index in [1.54, 1.807) is 30.0 Å². The fourth-order valence-corrected chi connectivity index (χ4v) is 4.71. The van der Waals surface area contributed by atoms with Gasteiger partial charge in [-0.05, 0) is 60.1 Å². The van der Waals surface area contributed by atoms with Crippen molar-refractivity contribution < 1.29 is 23.8 Å². The van der Waals surface area contributed by atoms with Crippen molar-refractivity contribution in [1.29, 1.82) is 0 Å². The van der Waals surface area contributed by atoms with Gasteiger partial charge >= 0.3 is 5.97 Å². The van der Waals surface area contributed by atoms with Gasteiger partial charge in [0.1, 0.15) is 19.0 Å². The molecule has 0 spiro atoms. The minimum Gasteiger partial charge on any atom is -0.486 e. The summed E-state index contributed by atoms with van der Waals surface area (Å²) in [5.74, 6) is 1.08. The highest BCUT2D eigenvalue weighted by Crippen LogP contribution is 2.34. The Morgan fingerprint density at radius 1 is 1.06 bits per heavy atom. The summed E-state index contributed by atoms with van der Waals surface area (Å²) in [5, 5.41) is 10.5. The van der Waals surface area contributed by atoms with Gasteiger partial charge in [0.15, 0.2) is 11.5 Å². The van der Waals surface area contributed by atoms with Crippen molar-refractivity contribution >= 4 is 17.7 Å². The van der Waals surface area contributed by atoms with Gasteiger partial charge in [-0.2, -0.15) is 0 Å². The first-order valence-corrected chi connectivity index (χ1v) is 11.2. The lowest BCUT2D eigenvalue weighted by atomic mass is 10.1. The highest BCUT2D eigenvalue weighted by atomic mass is 32.2. The number of ether oxygens (including phenoxy) is 2. The Hall–Kier alpha value is -2.93. The summed E-state index contributed by atoms with van der Waals surface area (Å²) >= 11 is 1.56. The van der Waals surface area contributed by atoms with Gasteiger partial charge in [-0.1, -0.05) is 24.3 Å². The highest BCUT2D eigenvalue weighted by molar-refractivity contribution is 8.03. The molecule has 5 nitrogen and oxygen atoms in total. The topological polar surface area (TPSA) is 59.0 Å². The number of aliphatic carboxylic acids is 1. The molecule has 0 fully saturated rings. The van der Waals surface area contributed by atoms with Gasteiger partial charge in [0.05, 0.1) is 10.6 Å². The maximum atomic E-state index is 13.1. The Morgan fingerprint density at radius 2 is 1.81 bits per heavy atom. The molecule has 0 aliphatic carbocycles. The van der Waals surface area contributed by atoms with Gasteiger partial charge in [0.25, 0.3) is 0 Å². The van der Waals surface area contributed by atoms with Crippen LogP contribution in [-0.4, -0.2) is 41.5 Å². The van der Waals surface area contributed by atoms with E-state index in [1.807, 2.05) is 24.3 Å². The average molecular weight is 442 g/mol. The molecule has 1 N–H and O–H groups in total. The fraction of sp³-hybridized carbons (Fsp3) is 0.292. The Labute approximate surface area is 185 Å². The number of carboxylic acids is 1. The van der Waals surface area contributed by atoms with Crippen LogP contribution in [0.3, 0.4) is 0 Å². The van der Waals surface area contributed by atoms with Crippen molar-refractivity contribution in [2.45, 2.75) is 19.4 Å². The first kappa shape index (κ1) is 21.3. The van der Waals surface area contributed by atoms with Crippen LogP contribution in [0.25, 0.3) is 0 Å². The van der Waals surface area contributed by atoms with Crippen LogP contribution in [0, 0.1) is 5.82 Å². The molecule has 0 aromatic heterocycles. The highest BCUT2D eigenvalue weighted by Gasteiger charge is 2.22. The van der Waals surface area contributed by atoms with Crippen molar-refractivity contribution in [2.24, 2.45) is 0 Å². The minimum atomic E-state index is -0.927. The van der Waals surface area contributed by atoms with Crippen LogP contribution >= 0.6 is 11.8 Å². The molecule has 2 aromatic rings. The maximum Gasteiger partial charge on any atom is 0.338 e. The first-order chi connectivity index (χ1) is 15.1. The van der Waals surface area contributed by atoms with Crippen molar-refractivity contribution in [2.75, 3.05) is 25.5 Å². The molecular formula is C24H24FNO4S. The molecule has 2 heterocycles. The maximum absolute atomic E-state index is 13.1. The number of benzene rings is 2. The Balaban J connectivity index is 1.43. The molecule has 2 aromatic carbocycles. The van der Waals surface area contributed by atoms with Gasteiger partial charge in [0.2, 0.25) is 0 Å². The van der Waals surface area contributed by atoms with E-state index in [-0.39, 0.29) is 5.82 Å². The van der Waals surface area contributed by atoms with Crippen LogP contribution in [0.5, 0.6) is 11.5 Å². The molecule has 2 aliphatic rings. The van der Waals surface area contributed by atoms with E-state index in [2.05, 4.69) is 4.90 Å². The molecule has 0 bridgehead atoms. The molecule has 162 valence electrons. The second kappa shape index (κ2) is 9.92. The van der Waals surface area contributed by atoms with Gasteiger partial charge < -0.3 is 19.5 Å². The standard InChI is InChI=1S/C24H24FNO4S/c25-19-8-5-17(6-9-19)3-2-14-31-23-20(24(27)28)4-1-11-26(23)16-18-7-10-21-22(15-18)30-13-12-29-21/h1,4-10,15H,2-3,11-14,16H2,(H,27,28). The van der Waals surface area contributed by atoms with Crippen LogP contribution in [-0.2, 0) is 17.8 Å². The first-order valence-electron chi connectivity index (χ1n) is 10.2. The predicted molar refractivity (Wildman–Crippen MR) is 119 cm³/mol. The zero-order chi connectivity index (χ0) is 21.6. The zero-order valence-electron chi connectivity index (χ0n) is 17.1. The number of hydrogen-bond donors (Lipinski definition) is 1. The molecule has 0 saturated carbocycles. The second-order valence-corrected chi connectivity index (χ2v) is 8.45. The van der Waals surface area contributed by atoms with Crippen LogP contribution in [0.1, 0.15) is 17.5 Å². The lowest BCUT2D eigenvalue weighted by Gasteiger charge is -2.30. The van der Waals surface area contributed by atoms with E-state index in [1.165, 1.54) is 12.1 Å². The minimum absolute atomic E-state index is 0.238. The lowest BCUT2D eigenvalue weighted by molar-refractivity contribution is -0.132. The van der Waals surface area contributed by atoms with Gasteiger partial charge in [-0.25, -0.2) is 9.18 Å². The summed E-state index contributed by atoms with van der Waals surface area (Å²) in [6.45, 7) is 2.30. The third-order valence-electron chi connectivity index (χ3n) is 5.10. The summed E-state index contributed by atoms with van der Waals surface area (Å²) in [7, 11) is 0. The molecule has 7 heteroatoms. The quantitative estimate of drug-likeness (QED) is 0.603. The van der Waals surface area contributed by atoms with Gasteiger partial charge in [0, 0.05) is 13.1 Å². The summed E-state index contributed by atoms with van der Waals surface area (Å²) in [6, 6.07) is 12.4. The number of aryl methyl sites for hydroxylation is 1.